The van der Waals surface area contributed by atoms with E-state index in [0.717, 1.165) is 24.1 Å². The molecule has 0 fully saturated rings. The zero-order chi connectivity index (χ0) is 18.4. The second kappa shape index (κ2) is 8.29. The van der Waals surface area contributed by atoms with E-state index < -0.39 is 0 Å². The molecule has 2 aromatic carbocycles. The Morgan fingerprint density at radius 2 is 1.46 bits per heavy atom. The van der Waals surface area contributed by atoms with Crippen molar-refractivity contribution in [3.8, 4) is 0 Å². The Hall–Kier alpha value is -3.15. The van der Waals surface area contributed by atoms with Gasteiger partial charge < -0.3 is 10.6 Å². The molecule has 6 heteroatoms. The fourth-order valence-electron chi connectivity index (χ4n) is 2.60. The third kappa shape index (κ3) is 4.27. The van der Waals surface area contributed by atoms with Crippen LogP contribution in [0.4, 0.5) is 11.5 Å². The van der Waals surface area contributed by atoms with Crippen molar-refractivity contribution in [2.24, 2.45) is 0 Å². The number of H-pyrrole nitrogens is 1. The average molecular weight is 349 g/mol. The van der Waals surface area contributed by atoms with Gasteiger partial charge in [-0.05, 0) is 41.7 Å². The Morgan fingerprint density at radius 3 is 2.08 bits per heavy atom. The molecule has 3 aromatic rings. The molecular formula is C20H23N5O. The number of hydrogen-bond acceptors (Lipinski definition) is 4. The van der Waals surface area contributed by atoms with E-state index >= 15 is 0 Å². The lowest BCUT2D eigenvalue weighted by Crippen LogP contribution is -2.24. The van der Waals surface area contributed by atoms with Gasteiger partial charge in [0.2, 0.25) is 0 Å². The van der Waals surface area contributed by atoms with Crippen LogP contribution in [-0.2, 0) is 19.4 Å². The number of aryl methyl sites for hydroxylation is 2. The van der Waals surface area contributed by atoms with Crippen LogP contribution in [0.25, 0.3) is 0 Å². The van der Waals surface area contributed by atoms with Gasteiger partial charge in [0.1, 0.15) is 0 Å². The van der Waals surface area contributed by atoms with E-state index in [0.29, 0.717) is 12.4 Å². The molecule has 0 aliphatic heterocycles. The summed E-state index contributed by atoms with van der Waals surface area (Å²) in [5.74, 6) is 0.138. The number of aromatic amines is 1. The SMILES string of the molecule is CCc1ccc(CNC(=O)c2n[nH]nc2Nc2ccc(CC)cc2)cc1. The van der Waals surface area contributed by atoms with Gasteiger partial charge in [-0.3, -0.25) is 4.79 Å². The Balaban J connectivity index is 1.63. The van der Waals surface area contributed by atoms with Gasteiger partial charge in [-0.2, -0.15) is 5.21 Å². The molecule has 0 radical (unpaired) electrons. The first kappa shape index (κ1) is 17.7. The smallest absolute Gasteiger partial charge is 0.275 e. The van der Waals surface area contributed by atoms with Crippen molar-refractivity contribution in [2.75, 3.05) is 5.32 Å². The zero-order valence-electron chi connectivity index (χ0n) is 15.0. The molecule has 0 unspecified atom stereocenters. The van der Waals surface area contributed by atoms with E-state index in [2.05, 4.69) is 52.0 Å². The number of rotatable bonds is 7. The first-order valence-electron chi connectivity index (χ1n) is 8.82. The minimum absolute atomic E-state index is 0.245. The maximum atomic E-state index is 12.4. The van der Waals surface area contributed by atoms with Crippen LogP contribution in [0.2, 0.25) is 0 Å². The van der Waals surface area contributed by atoms with Gasteiger partial charge >= 0.3 is 0 Å². The van der Waals surface area contributed by atoms with E-state index in [4.69, 9.17) is 0 Å². The van der Waals surface area contributed by atoms with E-state index in [1.165, 1.54) is 11.1 Å². The van der Waals surface area contributed by atoms with Crippen LogP contribution in [0.15, 0.2) is 48.5 Å². The van der Waals surface area contributed by atoms with Crippen LogP contribution in [0.5, 0.6) is 0 Å². The van der Waals surface area contributed by atoms with Crippen molar-refractivity contribution < 1.29 is 4.79 Å². The molecule has 0 spiro atoms. The van der Waals surface area contributed by atoms with Gasteiger partial charge in [-0.15, -0.1) is 10.2 Å². The number of amides is 1. The second-order valence-electron chi connectivity index (χ2n) is 6.05. The van der Waals surface area contributed by atoms with Crippen LogP contribution in [0.1, 0.15) is 41.0 Å². The molecule has 0 saturated heterocycles. The molecule has 0 aliphatic rings. The van der Waals surface area contributed by atoms with Gasteiger partial charge in [0.25, 0.3) is 5.91 Å². The Kier molecular flexibility index (Phi) is 5.63. The highest BCUT2D eigenvalue weighted by Gasteiger charge is 2.16. The normalized spacial score (nSPS) is 10.5. The monoisotopic (exact) mass is 349 g/mol. The van der Waals surface area contributed by atoms with E-state index in [1.54, 1.807) is 0 Å². The molecule has 3 rings (SSSR count). The highest BCUT2D eigenvalue weighted by atomic mass is 16.2. The molecule has 0 atom stereocenters. The molecule has 0 aliphatic carbocycles. The number of aromatic nitrogens is 3. The van der Waals surface area contributed by atoms with E-state index in [9.17, 15) is 4.79 Å². The molecule has 1 heterocycles. The van der Waals surface area contributed by atoms with Crippen LogP contribution >= 0.6 is 0 Å². The average Bonchev–Trinajstić information content (AvgIpc) is 3.15. The standard InChI is InChI=1S/C20H23N5O/c1-3-14-5-7-16(8-6-14)13-21-20(26)18-19(24-25-23-18)22-17-11-9-15(4-2)10-12-17/h5-12H,3-4,13H2,1-2H3,(H,21,26)(H2,22,23,24,25). The quantitative estimate of drug-likeness (QED) is 0.608. The summed E-state index contributed by atoms with van der Waals surface area (Å²) in [4.78, 5) is 12.4. The first-order valence-corrected chi connectivity index (χ1v) is 8.82. The summed E-state index contributed by atoms with van der Waals surface area (Å²) in [7, 11) is 0. The van der Waals surface area contributed by atoms with Gasteiger partial charge in [0.05, 0.1) is 0 Å². The van der Waals surface area contributed by atoms with Crippen molar-refractivity contribution in [2.45, 2.75) is 33.2 Å². The first-order chi connectivity index (χ1) is 12.7. The molecule has 3 N–H and O–H groups in total. The van der Waals surface area contributed by atoms with Crippen molar-refractivity contribution >= 4 is 17.4 Å². The number of anilines is 2. The predicted octanol–water partition coefficient (Wildman–Crippen LogP) is 3.60. The lowest BCUT2D eigenvalue weighted by atomic mass is 10.1. The van der Waals surface area contributed by atoms with Crippen molar-refractivity contribution in [1.29, 1.82) is 0 Å². The molecule has 6 nitrogen and oxygen atoms in total. The third-order valence-electron chi connectivity index (χ3n) is 4.27. The summed E-state index contributed by atoms with van der Waals surface area (Å²) in [6.07, 6.45) is 1.98. The fraction of sp³-hybridized carbons (Fsp3) is 0.250. The Labute approximate surface area is 153 Å². The molecule has 1 amide bonds. The van der Waals surface area contributed by atoms with Gasteiger partial charge in [0, 0.05) is 12.2 Å². The number of hydrogen-bond donors (Lipinski definition) is 3. The van der Waals surface area contributed by atoms with E-state index in [1.807, 2.05) is 36.4 Å². The number of benzene rings is 2. The molecule has 0 bridgehead atoms. The lowest BCUT2D eigenvalue weighted by molar-refractivity contribution is 0.0946. The van der Waals surface area contributed by atoms with Gasteiger partial charge in [-0.25, -0.2) is 0 Å². The molecular weight excluding hydrogens is 326 g/mol. The van der Waals surface area contributed by atoms with Gasteiger partial charge in [0.15, 0.2) is 11.5 Å². The minimum atomic E-state index is -0.272. The van der Waals surface area contributed by atoms with Crippen LogP contribution < -0.4 is 10.6 Å². The number of nitrogens with one attached hydrogen (secondary N) is 3. The Morgan fingerprint density at radius 1 is 0.885 bits per heavy atom. The van der Waals surface area contributed by atoms with E-state index in [-0.39, 0.29) is 11.6 Å². The maximum Gasteiger partial charge on any atom is 0.275 e. The third-order valence-corrected chi connectivity index (χ3v) is 4.27. The van der Waals surface area contributed by atoms with Crippen molar-refractivity contribution in [3.05, 3.63) is 70.9 Å². The second-order valence-corrected chi connectivity index (χ2v) is 6.05. The maximum absolute atomic E-state index is 12.4. The summed E-state index contributed by atoms with van der Waals surface area (Å²) in [6.45, 7) is 4.67. The van der Waals surface area contributed by atoms with Crippen LogP contribution in [0, 0.1) is 0 Å². The number of nitrogens with zero attached hydrogens (tertiary/aromatic N) is 2. The summed E-state index contributed by atoms with van der Waals surface area (Å²) in [5, 5.41) is 16.5. The summed E-state index contributed by atoms with van der Waals surface area (Å²) in [6, 6.07) is 16.2. The zero-order valence-corrected chi connectivity index (χ0v) is 15.0. The van der Waals surface area contributed by atoms with Gasteiger partial charge in [-0.1, -0.05) is 50.2 Å². The highest BCUT2D eigenvalue weighted by Crippen LogP contribution is 2.17. The van der Waals surface area contributed by atoms with Crippen molar-refractivity contribution in [1.82, 2.24) is 20.7 Å². The largest absolute Gasteiger partial charge is 0.346 e. The highest BCUT2D eigenvalue weighted by molar-refractivity contribution is 5.97. The topological polar surface area (TPSA) is 82.7 Å². The van der Waals surface area contributed by atoms with Crippen LogP contribution in [0.3, 0.4) is 0 Å². The summed E-state index contributed by atoms with van der Waals surface area (Å²) >= 11 is 0. The molecule has 134 valence electrons. The molecule has 26 heavy (non-hydrogen) atoms. The minimum Gasteiger partial charge on any atom is -0.346 e. The summed E-state index contributed by atoms with van der Waals surface area (Å²) < 4.78 is 0. The van der Waals surface area contributed by atoms with Crippen molar-refractivity contribution in [3.63, 3.8) is 0 Å². The predicted molar refractivity (Wildman–Crippen MR) is 102 cm³/mol. The molecule has 1 aromatic heterocycles. The number of carbonyl (C=O) groups is 1. The van der Waals surface area contributed by atoms with Crippen LogP contribution in [-0.4, -0.2) is 21.3 Å². The number of carbonyl (C=O) groups excluding carboxylic acids is 1. The summed E-state index contributed by atoms with van der Waals surface area (Å²) in [5.41, 5.74) is 4.68. The lowest BCUT2D eigenvalue weighted by Gasteiger charge is -2.07. The fourth-order valence-corrected chi connectivity index (χ4v) is 2.60. The molecule has 0 saturated carbocycles. The Bertz CT molecular complexity index is 853.